The van der Waals surface area contributed by atoms with Crippen molar-refractivity contribution in [1.82, 2.24) is 20.2 Å². The second kappa shape index (κ2) is 8.89. The summed E-state index contributed by atoms with van der Waals surface area (Å²) in [6.45, 7) is 5.44. The number of fused-ring (bicyclic) bond motifs is 1. The van der Waals surface area contributed by atoms with Crippen molar-refractivity contribution in [3.8, 4) is 5.69 Å². The summed E-state index contributed by atoms with van der Waals surface area (Å²) >= 11 is 7.17. The first kappa shape index (κ1) is 21.9. The van der Waals surface area contributed by atoms with E-state index >= 15 is 0 Å². The van der Waals surface area contributed by atoms with Gasteiger partial charge in [-0.05, 0) is 51.1 Å². The van der Waals surface area contributed by atoms with Crippen LogP contribution >= 0.6 is 23.4 Å². The van der Waals surface area contributed by atoms with Gasteiger partial charge in [-0.1, -0.05) is 41.6 Å². The molecule has 0 saturated heterocycles. The molecule has 0 aliphatic carbocycles. The van der Waals surface area contributed by atoms with Gasteiger partial charge in [-0.25, -0.2) is 9.78 Å². The van der Waals surface area contributed by atoms with Crippen LogP contribution in [-0.4, -0.2) is 32.8 Å². The summed E-state index contributed by atoms with van der Waals surface area (Å²) in [5.74, 6) is -0.593. The van der Waals surface area contributed by atoms with E-state index < -0.39 is 17.5 Å². The van der Waals surface area contributed by atoms with Crippen molar-refractivity contribution in [2.45, 2.75) is 31.5 Å². The highest BCUT2D eigenvalue weighted by molar-refractivity contribution is 7.99. The predicted molar refractivity (Wildman–Crippen MR) is 120 cm³/mol. The molecule has 0 aliphatic rings. The zero-order chi connectivity index (χ0) is 21.9. The van der Waals surface area contributed by atoms with Gasteiger partial charge in [-0.2, -0.15) is 0 Å². The molecule has 7 nitrogen and oxygen atoms in total. The van der Waals surface area contributed by atoms with Crippen LogP contribution < -0.4 is 16.2 Å². The van der Waals surface area contributed by atoms with E-state index in [1.165, 1.54) is 4.57 Å². The summed E-state index contributed by atoms with van der Waals surface area (Å²) in [5.41, 5.74) is 0.328. The number of hydrogen-bond acceptors (Lipinski definition) is 5. The van der Waals surface area contributed by atoms with Crippen molar-refractivity contribution < 1.29 is 9.59 Å². The third-order valence-corrected chi connectivity index (χ3v) is 5.06. The monoisotopic (exact) mass is 444 g/mol. The molecule has 1 aromatic heterocycles. The number of rotatable bonds is 4. The molecule has 0 bridgehead atoms. The quantitative estimate of drug-likeness (QED) is 0.472. The third kappa shape index (κ3) is 5.40. The number of carbonyl (C=O) groups is 2. The van der Waals surface area contributed by atoms with E-state index in [1.807, 2.05) is 20.8 Å². The van der Waals surface area contributed by atoms with E-state index in [0.29, 0.717) is 26.8 Å². The topological polar surface area (TPSA) is 93.1 Å². The van der Waals surface area contributed by atoms with Crippen LogP contribution in [0, 0.1) is 0 Å². The van der Waals surface area contributed by atoms with Crippen LogP contribution in [0.4, 0.5) is 4.79 Å². The number of benzene rings is 2. The van der Waals surface area contributed by atoms with Crippen LogP contribution in [0.3, 0.4) is 0 Å². The maximum Gasteiger partial charge on any atom is 0.321 e. The number of para-hydroxylation sites is 1. The Morgan fingerprint density at radius 3 is 2.57 bits per heavy atom. The minimum atomic E-state index is -0.577. The number of amides is 3. The summed E-state index contributed by atoms with van der Waals surface area (Å²) in [6, 6.07) is 13.2. The fourth-order valence-electron chi connectivity index (χ4n) is 2.72. The molecule has 9 heteroatoms. The van der Waals surface area contributed by atoms with E-state index in [4.69, 9.17) is 11.6 Å². The predicted octanol–water partition coefficient (Wildman–Crippen LogP) is 3.76. The standard InChI is InChI=1S/C21H21ClN4O3S/c1-21(2,3)25-19(29)24-17(27)12-30-20-23-16-10-5-4-9-15(16)18(28)26(20)14-8-6-7-13(22)11-14/h4-11H,12H2,1-3H3,(H2,24,25,27,29). The van der Waals surface area contributed by atoms with Crippen molar-refractivity contribution in [3.05, 3.63) is 63.9 Å². The highest BCUT2D eigenvalue weighted by Crippen LogP contribution is 2.22. The zero-order valence-electron chi connectivity index (χ0n) is 16.7. The molecular weight excluding hydrogens is 424 g/mol. The number of urea groups is 1. The van der Waals surface area contributed by atoms with Gasteiger partial charge < -0.3 is 5.32 Å². The van der Waals surface area contributed by atoms with Gasteiger partial charge in [-0.3, -0.25) is 19.5 Å². The highest BCUT2D eigenvalue weighted by atomic mass is 35.5. The third-order valence-electron chi connectivity index (χ3n) is 3.89. The minimum absolute atomic E-state index is 0.0943. The van der Waals surface area contributed by atoms with E-state index in [9.17, 15) is 14.4 Å². The van der Waals surface area contributed by atoms with Crippen LogP contribution in [0.15, 0.2) is 58.5 Å². The fourth-order valence-corrected chi connectivity index (χ4v) is 3.71. The summed E-state index contributed by atoms with van der Waals surface area (Å²) in [5, 5.41) is 6.19. The number of nitrogens with zero attached hydrogens (tertiary/aromatic N) is 2. The molecule has 156 valence electrons. The summed E-state index contributed by atoms with van der Waals surface area (Å²) in [6.07, 6.45) is 0. The van der Waals surface area contributed by atoms with Gasteiger partial charge in [0.1, 0.15) is 0 Å². The Labute approximate surface area is 182 Å². The minimum Gasteiger partial charge on any atom is -0.333 e. The number of hydrogen-bond donors (Lipinski definition) is 2. The number of imide groups is 1. The van der Waals surface area contributed by atoms with Gasteiger partial charge in [0.2, 0.25) is 5.91 Å². The lowest BCUT2D eigenvalue weighted by molar-refractivity contribution is -0.117. The lowest BCUT2D eigenvalue weighted by Crippen LogP contribution is -2.48. The number of aromatic nitrogens is 2. The summed E-state index contributed by atoms with van der Waals surface area (Å²) in [7, 11) is 0. The van der Waals surface area contributed by atoms with Crippen molar-refractivity contribution in [2.24, 2.45) is 0 Å². The molecular formula is C21H21ClN4O3S. The van der Waals surface area contributed by atoms with Gasteiger partial charge in [0.05, 0.1) is 22.3 Å². The van der Waals surface area contributed by atoms with E-state index in [0.717, 1.165) is 11.8 Å². The Bertz CT molecular complexity index is 1170. The first-order chi connectivity index (χ1) is 14.1. The first-order valence-corrected chi connectivity index (χ1v) is 10.5. The molecule has 0 spiro atoms. The van der Waals surface area contributed by atoms with Gasteiger partial charge >= 0.3 is 6.03 Å². The molecule has 2 aromatic carbocycles. The molecule has 0 radical (unpaired) electrons. The smallest absolute Gasteiger partial charge is 0.321 e. The number of nitrogens with one attached hydrogen (secondary N) is 2. The van der Waals surface area contributed by atoms with Gasteiger partial charge in [0.15, 0.2) is 5.16 Å². The van der Waals surface area contributed by atoms with Crippen molar-refractivity contribution in [3.63, 3.8) is 0 Å². The lowest BCUT2D eigenvalue weighted by Gasteiger charge is -2.20. The van der Waals surface area contributed by atoms with Crippen LogP contribution in [0.1, 0.15) is 20.8 Å². The molecule has 0 saturated carbocycles. The van der Waals surface area contributed by atoms with Crippen LogP contribution in [0.5, 0.6) is 0 Å². The van der Waals surface area contributed by atoms with Crippen molar-refractivity contribution in [1.29, 1.82) is 0 Å². The SMILES string of the molecule is CC(C)(C)NC(=O)NC(=O)CSc1nc2ccccc2c(=O)n1-c1cccc(Cl)c1. The maximum absolute atomic E-state index is 13.1. The molecule has 1 heterocycles. The van der Waals surface area contributed by atoms with Crippen LogP contribution in [0.25, 0.3) is 16.6 Å². The summed E-state index contributed by atoms with van der Waals surface area (Å²) in [4.78, 5) is 41.8. The first-order valence-electron chi connectivity index (χ1n) is 9.16. The molecule has 3 amide bonds. The molecule has 0 atom stereocenters. The van der Waals surface area contributed by atoms with Crippen LogP contribution in [-0.2, 0) is 4.79 Å². The molecule has 2 N–H and O–H groups in total. The fraction of sp³-hybridized carbons (Fsp3) is 0.238. The van der Waals surface area contributed by atoms with Gasteiger partial charge in [0.25, 0.3) is 5.56 Å². The number of halogens is 1. The second-order valence-electron chi connectivity index (χ2n) is 7.57. The second-order valence-corrected chi connectivity index (χ2v) is 8.95. The lowest BCUT2D eigenvalue weighted by atomic mass is 10.1. The Kier molecular flexibility index (Phi) is 6.48. The Morgan fingerprint density at radius 1 is 1.13 bits per heavy atom. The molecule has 0 unspecified atom stereocenters. The molecule has 3 rings (SSSR count). The Balaban J connectivity index is 1.91. The largest absolute Gasteiger partial charge is 0.333 e. The van der Waals surface area contributed by atoms with E-state index in [-0.39, 0.29) is 11.3 Å². The van der Waals surface area contributed by atoms with Crippen molar-refractivity contribution >= 4 is 46.2 Å². The summed E-state index contributed by atoms with van der Waals surface area (Å²) < 4.78 is 1.42. The van der Waals surface area contributed by atoms with Crippen LogP contribution in [0.2, 0.25) is 5.02 Å². The Morgan fingerprint density at radius 2 is 1.87 bits per heavy atom. The number of thioether (sulfide) groups is 1. The zero-order valence-corrected chi connectivity index (χ0v) is 18.3. The number of carbonyl (C=O) groups excluding carboxylic acids is 2. The van der Waals surface area contributed by atoms with Crippen molar-refractivity contribution in [2.75, 3.05) is 5.75 Å². The average Bonchev–Trinajstić information content (AvgIpc) is 2.65. The normalized spacial score (nSPS) is 11.3. The van der Waals surface area contributed by atoms with E-state index in [2.05, 4.69) is 15.6 Å². The van der Waals surface area contributed by atoms with Gasteiger partial charge in [0, 0.05) is 10.6 Å². The molecule has 3 aromatic rings. The van der Waals surface area contributed by atoms with E-state index in [1.54, 1.807) is 48.5 Å². The average molecular weight is 445 g/mol. The van der Waals surface area contributed by atoms with Gasteiger partial charge in [-0.15, -0.1) is 0 Å². The molecule has 0 aliphatic heterocycles. The highest BCUT2D eigenvalue weighted by Gasteiger charge is 2.18. The molecule has 0 fully saturated rings. The molecule has 30 heavy (non-hydrogen) atoms. The maximum atomic E-state index is 13.1. The Hall–Kier alpha value is -2.84.